The van der Waals surface area contributed by atoms with Gasteiger partial charge < -0.3 is 14.7 Å². The number of carbonyl (C=O) groups is 1. The Kier molecular flexibility index (Phi) is 4.06. The first-order chi connectivity index (χ1) is 9.36. The highest BCUT2D eigenvalue weighted by molar-refractivity contribution is 5.65. The van der Waals surface area contributed by atoms with Crippen LogP contribution in [0.2, 0.25) is 0 Å². The van der Waals surface area contributed by atoms with E-state index in [0.29, 0.717) is 25.1 Å². The van der Waals surface area contributed by atoms with Gasteiger partial charge in [-0.25, -0.2) is 4.79 Å². The predicted octanol–water partition coefficient (Wildman–Crippen LogP) is 3.23. The van der Waals surface area contributed by atoms with Gasteiger partial charge >= 0.3 is 12.3 Å². The van der Waals surface area contributed by atoms with Crippen molar-refractivity contribution in [2.45, 2.75) is 25.1 Å². The van der Waals surface area contributed by atoms with Crippen molar-refractivity contribution in [1.29, 1.82) is 0 Å². The van der Waals surface area contributed by atoms with Gasteiger partial charge in [0.25, 0.3) is 0 Å². The van der Waals surface area contributed by atoms with Crippen molar-refractivity contribution in [2.75, 3.05) is 13.1 Å². The van der Waals surface area contributed by atoms with Crippen LogP contribution in [-0.4, -0.2) is 35.3 Å². The van der Waals surface area contributed by atoms with E-state index in [0.717, 1.165) is 12.1 Å². The van der Waals surface area contributed by atoms with Crippen molar-refractivity contribution < 1.29 is 27.8 Å². The molecule has 4 nitrogen and oxygen atoms in total. The molecule has 1 aliphatic rings. The normalized spacial score (nSPS) is 19.8. The SMILES string of the molecule is O=C(O)N1CCC[C@H](Oc2ccc(C(F)(F)F)cc2)C1. The van der Waals surface area contributed by atoms with Gasteiger partial charge in [-0.15, -0.1) is 0 Å². The average Bonchev–Trinajstić information content (AvgIpc) is 2.38. The smallest absolute Gasteiger partial charge is 0.416 e. The molecule has 0 bridgehead atoms. The van der Waals surface area contributed by atoms with E-state index < -0.39 is 17.8 Å². The number of likely N-dealkylation sites (tertiary alicyclic amines) is 1. The molecule has 0 unspecified atom stereocenters. The van der Waals surface area contributed by atoms with Gasteiger partial charge in [0.15, 0.2) is 0 Å². The average molecular weight is 289 g/mol. The molecule has 110 valence electrons. The van der Waals surface area contributed by atoms with Crippen LogP contribution in [0.5, 0.6) is 5.75 Å². The van der Waals surface area contributed by atoms with Crippen molar-refractivity contribution >= 4 is 6.09 Å². The number of nitrogens with zero attached hydrogens (tertiary/aromatic N) is 1. The van der Waals surface area contributed by atoms with Crippen LogP contribution >= 0.6 is 0 Å². The number of hydrogen-bond donors (Lipinski definition) is 1. The van der Waals surface area contributed by atoms with Crippen LogP contribution in [0.3, 0.4) is 0 Å². The highest BCUT2D eigenvalue weighted by Crippen LogP contribution is 2.30. The number of piperidine rings is 1. The third kappa shape index (κ3) is 3.55. The molecule has 1 aromatic carbocycles. The molecule has 1 saturated heterocycles. The molecule has 0 radical (unpaired) electrons. The van der Waals surface area contributed by atoms with E-state index in [9.17, 15) is 18.0 Å². The van der Waals surface area contributed by atoms with Gasteiger partial charge in [0.05, 0.1) is 12.1 Å². The van der Waals surface area contributed by atoms with E-state index in [1.807, 2.05) is 0 Å². The zero-order valence-electron chi connectivity index (χ0n) is 10.6. The first-order valence-corrected chi connectivity index (χ1v) is 6.18. The quantitative estimate of drug-likeness (QED) is 0.909. The Morgan fingerprint density at radius 2 is 1.95 bits per heavy atom. The van der Waals surface area contributed by atoms with Crippen LogP contribution in [-0.2, 0) is 6.18 Å². The fourth-order valence-corrected chi connectivity index (χ4v) is 2.12. The maximum atomic E-state index is 12.4. The lowest BCUT2D eigenvalue weighted by Gasteiger charge is -2.31. The largest absolute Gasteiger partial charge is 0.489 e. The number of hydrogen-bond acceptors (Lipinski definition) is 2. The van der Waals surface area contributed by atoms with Crippen LogP contribution in [0.1, 0.15) is 18.4 Å². The molecule has 0 aromatic heterocycles. The fraction of sp³-hybridized carbons (Fsp3) is 0.462. The van der Waals surface area contributed by atoms with Crippen molar-refractivity contribution in [2.24, 2.45) is 0 Å². The molecule has 0 saturated carbocycles. The summed E-state index contributed by atoms with van der Waals surface area (Å²) in [6.45, 7) is 0.693. The van der Waals surface area contributed by atoms with E-state index in [1.165, 1.54) is 17.0 Å². The fourth-order valence-electron chi connectivity index (χ4n) is 2.12. The van der Waals surface area contributed by atoms with Gasteiger partial charge in [-0.2, -0.15) is 13.2 Å². The summed E-state index contributed by atoms with van der Waals surface area (Å²) in [4.78, 5) is 12.1. The van der Waals surface area contributed by atoms with Gasteiger partial charge in [-0.1, -0.05) is 0 Å². The summed E-state index contributed by atoms with van der Waals surface area (Å²) in [6, 6.07) is 4.41. The highest BCUT2D eigenvalue weighted by atomic mass is 19.4. The lowest BCUT2D eigenvalue weighted by molar-refractivity contribution is -0.137. The summed E-state index contributed by atoms with van der Waals surface area (Å²) in [7, 11) is 0. The number of carboxylic acid groups (broad SMARTS) is 1. The Morgan fingerprint density at radius 1 is 1.30 bits per heavy atom. The van der Waals surface area contributed by atoms with E-state index in [1.54, 1.807) is 0 Å². The third-order valence-corrected chi connectivity index (χ3v) is 3.13. The topological polar surface area (TPSA) is 49.8 Å². The number of benzene rings is 1. The summed E-state index contributed by atoms with van der Waals surface area (Å²) in [5, 5.41) is 8.89. The van der Waals surface area contributed by atoms with Gasteiger partial charge in [-0.3, -0.25) is 0 Å². The Balaban J connectivity index is 1.98. The number of alkyl halides is 3. The predicted molar refractivity (Wildman–Crippen MR) is 64.7 cm³/mol. The van der Waals surface area contributed by atoms with E-state index in [-0.39, 0.29) is 12.6 Å². The van der Waals surface area contributed by atoms with Crippen molar-refractivity contribution in [3.05, 3.63) is 29.8 Å². The number of amides is 1. The van der Waals surface area contributed by atoms with Crippen molar-refractivity contribution in [3.8, 4) is 5.75 Å². The van der Waals surface area contributed by atoms with Gasteiger partial charge in [-0.05, 0) is 37.1 Å². The maximum Gasteiger partial charge on any atom is 0.416 e. The third-order valence-electron chi connectivity index (χ3n) is 3.13. The number of halogens is 3. The molecule has 0 spiro atoms. The molecule has 7 heteroatoms. The second-order valence-corrected chi connectivity index (χ2v) is 4.63. The molecular formula is C13H14F3NO3. The van der Waals surface area contributed by atoms with E-state index in [2.05, 4.69) is 0 Å². The Bertz CT molecular complexity index is 473. The Morgan fingerprint density at radius 3 is 2.50 bits per heavy atom. The highest BCUT2D eigenvalue weighted by Gasteiger charge is 2.30. The van der Waals surface area contributed by atoms with Crippen LogP contribution in [0.15, 0.2) is 24.3 Å². The minimum absolute atomic E-state index is 0.232. The monoisotopic (exact) mass is 289 g/mol. The number of ether oxygens (including phenoxy) is 1. The summed E-state index contributed by atoms with van der Waals surface area (Å²) in [6.07, 6.45) is -4.34. The molecule has 20 heavy (non-hydrogen) atoms. The molecule has 1 fully saturated rings. The minimum atomic E-state index is -4.37. The van der Waals surface area contributed by atoms with Crippen LogP contribution in [0.25, 0.3) is 0 Å². The molecule has 1 N–H and O–H groups in total. The van der Waals surface area contributed by atoms with Crippen molar-refractivity contribution in [1.82, 2.24) is 4.90 Å². The molecule has 1 amide bonds. The first kappa shape index (κ1) is 14.5. The van der Waals surface area contributed by atoms with Gasteiger partial charge in [0, 0.05) is 6.54 Å². The molecular weight excluding hydrogens is 275 g/mol. The van der Waals surface area contributed by atoms with Crippen LogP contribution < -0.4 is 4.74 Å². The van der Waals surface area contributed by atoms with Crippen LogP contribution in [0.4, 0.5) is 18.0 Å². The lowest BCUT2D eigenvalue weighted by atomic mass is 10.1. The molecule has 1 aromatic rings. The van der Waals surface area contributed by atoms with Crippen molar-refractivity contribution in [3.63, 3.8) is 0 Å². The molecule has 1 atom stereocenters. The second-order valence-electron chi connectivity index (χ2n) is 4.63. The number of rotatable bonds is 2. The van der Waals surface area contributed by atoms with E-state index in [4.69, 9.17) is 9.84 Å². The second kappa shape index (κ2) is 5.60. The molecule has 1 aliphatic heterocycles. The van der Waals surface area contributed by atoms with E-state index >= 15 is 0 Å². The first-order valence-electron chi connectivity index (χ1n) is 6.18. The minimum Gasteiger partial charge on any atom is -0.489 e. The van der Waals surface area contributed by atoms with Crippen LogP contribution in [0, 0.1) is 0 Å². The summed E-state index contributed by atoms with van der Waals surface area (Å²) < 4.78 is 42.7. The molecule has 0 aliphatic carbocycles. The molecule has 2 rings (SSSR count). The van der Waals surface area contributed by atoms with Gasteiger partial charge in [0.1, 0.15) is 11.9 Å². The zero-order chi connectivity index (χ0) is 14.8. The Labute approximate surface area is 113 Å². The Hall–Kier alpha value is -1.92. The summed E-state index contributed by atoms with van der Waals surface area (Å²) in [5.41, 5.74) is -0.736. The lowest BCUT2D eigenvalue weighted by Crippen LogP contribution is -2.43. The van der Waals surface area contributed by atoms with Gasteiger partial charge in [0.2, 0.25) is 0 Å². The maximum absolute atomic E-state index is 12.4. The summed E-state index contributed by atoms with van der Waals surface area (Å²) in [5.74, 6) is 0.315. The zero-order valence-corrected chi connectivity index (χ0v) is 10.6. The molecule has 1 heterocycles. The standard InChI is InChI=1S/C13H14F3NO3/c14-13(15,16)9-3-5-10(6-4-9)20-11-2-1-7-17(8-11)12(18)19/h3-6,11H,1-2,7-8H2,(H,18,19)/t11-/m0/s1. The summed E-state index contributed by atoms with van der Waals surface area (Å²) >= 11 is 0.